The number of nitrogens with zero attached hydrogens (tertiary/aromatic N) is 3. The number of carbonyl (C=O) groups excluding carboxylic acids is 1. The molecule has 152 valence electrons. The third-order valence-corrected chi connectivity index (χ3v) is 5.76. The zero-order chi connectivity index (χ0) is 20.5. The fraction of sp³-hybridized carbons (Fsp3) is 0.227. The van der Waals surface area contributed by atoms with Gasteiger partial charge in [-0.05, 0) is 43.0 Å². The first-order valence-electron chi connectivity index (χ1n) is 9.86. The van der Waals surface area contributed by atoms with Crippen molar-refractivity contribution in [2.45, 2.75) is 25.3 Å². The number of H-pyrrole nitrogens is 1. The number of hydrogen-bond donors (Lipinski definition) is 2. The van der Waals surface area contributed by atoms with Crippen LogP contribution in [0.15, 0.2) is 55.1 Å². The van der Waals surface area contributed by atoms with Crippen molar-refractivity contribution >= 4 is 28.4 Å². The van der Waals surface area contributed by atoms with Crippen LogP contribution in [-0.2, 0) is 11.2 Å². The molecule has 0 bridgehead atoms. The van der Waals surface area contributed by atoms with Crippen LogP contribution in [0.5, 0.6) is 5.75 Å². The highest BCUT2D eigenvalue weighted by Crippen LogP contribution is 2.36. The van der Waals surface area contributed by atoms with E-state index in [4.69, 9.17) is 16.3 Å². The number of para-hydroxylation sites is 3. The van der Waals surface area contributed by atoms with Gasteiger partial charge in [-0.2, -0.15) is 0 Å². The number of benzene rings is 2. The van der Waals surface area contributed by atoms with E-state index in [9.17, 15) is 4.79 Å². The monoisotopic (exact) mass is 421 g/mol. The summed E-state index contributed by atoms with van der Waals surface area (Å²) in [6.07, 6.45) is 6.04. The van der Waals surface area contributed by atoms with Crippen molar-refractivity contribution < 1.29 is 9.53 Å². The molecule has 0 fully saturated rings. The number of ether oxygens (including phenoxy) is 1. The van der Waals surface area contributed by atoms with E-state index < -0.39 is 0 Å². The third kappa shape index (κ3) is 3.41. The van der Waals surface area contributed by atoms with Crippen LogP contribution >= 0.6 is 11.6 Å². The van der Waals surface area contributed by atoms with E-state index in [2.05, 4.69) is 26.6 Å². The topological polar surface area (TPSA) is 84.8 Å². The van der Waals surface area contributed by atoms with Gasteiger partial charge in [0.15, 0.2) is 6.61 Å². The van der Waals surface area contributed by atoms with Gasteiger partial charge in [0, 0.05) is 11.1 Å². The average Bonchev–Trinajstić information content (AvgIpc) is 3.42. The quantitative estimate of drug-likeness (QED) is 0.510. The van der Waals surface area contributed by atoms with Gasteiger partial charge >= 0.3 is 0 Å². The maximum absolute atomic E-state index is 12.7. The van der Waals surface area contributed by atoms with Crippen LogP contribution in [0.2, 0.25) is 5.02 Å². The Bertz CT molecular complexity index is 1200. The number of nitrogens with one attached hydrogen (secondary N) is 2. The molecule has 0 spiro atoms. The van der Waals surface area contributed by atoms with Gasteiger partial charge in [0.05, 0.1) is 22.3 Å². The number of carbonyl (C=O) groups is 1. The number of fused-ring (bicyclic) bond motifs is 3. The molecule has 1 aliphatic rings. The van der Waals surface area contributed by atoms with Gasteiger partial charge in [-0.3, -0.25) is 9.36 Å². The number of amides is 1. The molecule has 1 amide bonds. The summed E-state index contributed by atoms with van der Waals surface area (Å²) in [6, 6.07) is 13.3. The maximum atomic E-state index is 12.7. The van der Waals surface area contributed by atoms with Crippen molar-refractivity contribution in [2.24, 2.45) is 0 Å². The highest BCUT2D eigenvalue weighted by atomic mass is 35.5. The van der Waals surface area contributed by atoms with Crippen LogP contribution in [0.1, 0.15) is 30.1 Å². The lowest BCUT2D eigenvalue weighted by atomic mass is 9.91. The fourth-order valence-electron chi connectivity index (χ4n) is 4.09. The summed E-state index contributed by atoms with van der Waals surface area (Å²) in [4.78, 5) is 16.1. The minimum atomic E-state index is -0.170. The minimum absolute atomic E-state index is 0.0774. The van der Waals surface area contributed by atoms with Gasteiger partial charge in [0.2, 0.25) is 0 Å². The predicted octanol–water partition coefficient (Wildman–Crippen LogP) is 3.97. The summed E-state index contributed by atoms with van der Waals surface area (Å²) < 4.78 is 7.56. The predicted molar refractivity (Wildman–Crippen MR) is 114 cm³/mol. The molecule has 0 saturated carbocycles. The van der Waals surface area contributed by atoms with Crippen molar-refractivity contribution in [3.63, 3.8) is 0 Å². The second kappa shape index (κ2) is 7.84. The van der Waals surface area contributed by atoms with E-state index >= 15 is 0 Å². The van der Waals surface area contributed by atoms with Crippen LogP contribution < -0.4 is 10.1 Å². The molecule has 0 saturated heterocycles. The number of halogens is 1. The van der Waals surface area contributed by atoms with Gasteiger partial charge in [0.1, 0.15) is 18.4 Å². The standard InChI is InChI=1S/C22H20ClN5O2/c23-16-7-3-5-14-15-6-4-8-17(22(15)27-21(14)16)26-20(29)11-30-19-10-2-1-9-18(19)28-12-24-25-13-28/h1-3,5,7,9-10,12-13,17,27H,4,6,8,11H2,(H,26,29)/t17-/m1/s1. The number of rotatable bonds is 5. The molecule has 2 aromatic carbocycles. The molecule has 0 aliphatic heterocycles. The second-order valence-corrected chi connectivity index (χ2v) is 7.72. The van der Waals surface area contributed by atoms with Crippen LogP contribution in [-0.4, -0.2) is 32.3 Å². The Labute approximate surface area is 178 Å². The molecule has 1 aliphatic carbocycles. The first-order chi connectivity index (χ1) is 14.7. The Morgan fingerprint density at radius 3 is 2.90 bits per heavy atom. The van der Waals surface area contributed by atoms with Crippen LogP contribution in [0.3, 0.4) is 0 Å². The van der Waals surface area contributed by atoms with Crippen molar-refractivity contribution in [3.8, 4) is 11.4 Å². The van der Waals surface area contributed by atoms with Crippen molar-refractivity contribution in [1.82, 2.24) is 25.1 Å². The molecule has 5 rings (SSSR count). The molecular weight excluding hydrogens is 402 g/mol. The molecule has 0 radical (unpaired) electrons. The largest absolute Gasteiger partial charge is 0.482 e. The molecular formula is C22H20ClN5O2. The van der Waals surface area contributed by atoms with Crippen LogP contribution in [0, 0.1) is 0 Å². The Balaban J connectivity index is 1.31. The zero-order valence-corrected chi connectivity index (χ0v) is 16.9. The lowest BCUT2D eigenvalue weighted by Gasteiger charge is -2.24. The smallest absolute Gasteiger partial charge is 0.258 e. The third-order valence-electron chi connectivity index (χ3n) is 5.45. The molecule has 2 aromatic heterocycles. The Morgan fingerprint density at radius 2 is 2.03 bits per heavy atom. The molecule has 30 heavy (non-hydrogen) atoms. The van der Waals surface area contributed by atoms with Gasteiger partial charge in [-0.15, -0.1) is 10.2 Å². The van der Waals surface area contributed by atoms with Crippen molar-refractivity contribution in [1.29, 1.82) is 0 Å². The van der Waals surface area contributed by atoms with E-state index in [1.165, 1.54) is 5.56 Å². The minimum Gasteiger partial charge on any atom is -0.482 e. The average molecular weight is 422 g/mol. The summed E-state index contributed by atoms with van der Waals surface area (Å²) in [5.74, 6) is 0.422. The first-order valence-corrected chi connectivity index (χ1v) is 10.2. The molecule has 8 heteroatoms. The zero-order valence-electron chi connectivity index (χ0n) is 16.1. The molecule has 2 heterocycles. The second-order valence-electron chi connectivity index (χ2n) is 7.32. The Kier molecular flexibility index (Phi) is 4.88. The molecule has 2 N–H and O–H groups in total. The highest BCUT2D eigenvalue weighted by molar-refractivity contribution is 6.35. The van der Waals surface area contributed by atoms with Gasteiger partial charge in [0.25, 0.3) is 5.91 Å². The number of aromatic amines is 1. The van der Waals surface area contributed by atoms with E-state index in [0.717, 1.165) is 41.5 Å². The molecule has 4 aromatic rings. The SMILES string of the molecule is O=C(COc1ccccc1-n1cnnc1)N[C@@H]1CCCc2c1[nH]c1c(Cl)cccc21. The molecule has 1 atom stereocenters. The van der Waals surface area contributed by atoms with Gasteiger partial charge in [-0.25, -0.2) is 0 Å². The fourth-order valence-corrected chi connectivity index (χ4v) is 4.31. The molecule has 0 unspecified atom stereocenters. The summed E-state index contributed by atoms with van der Waals surface area (Å²) in [6.45, 7) is -0.0774. The van der Waals surface area contributed by atoms with E-state index in [-0.39, 0.29) is 18.6 Å². The van der Waals surface area contributed by atoms with E-state index in [1.807, 2.05) is 36.4 Å². The first kappa shape index (κ1) is 18.7. The summed E-state index contributed by atoms with van der Waals surface area (Å²) in [7, 11) is 0. The Morgan fingerprint density at radius 1 is 1.20 bits per heavy atom. The van der Waals surface area contributed by atoms with E-state index in [0.29, 0.717) is 10.8 Å². The summed E-state index contributed by atoms with van der Waals surface area (Å²) in [5, 5.41) is 12.6. The lowest BCUT2D eigenvalue weighted by Crippen LogP contribution is -2.34. The lowest BCUT2D eigenvalue weighted by molar-refractivity contribution is -0.124. The van der Waals surface area contributed by atoms with Crippen molar-refractivity contribution in [2.75, 3.05) is 6.61 Å². The summed E-state index contributed by atoms with van der Waals surface area (Å²) >= 11 is 6.36. The van der Waals surface area contributed by atoms with Gasteiger partial charge < -0.3 is 15.0 Å². The Hall–Kier alpha value is -3.32. The molecule has 7 nitrogen and oxygen atoms in total. The normalized spacial score (nSPS) is 15.7. The maximum Gasteiger partial charge on any atom is 0.258 e. The van der Waals surface area contributed by atoms with Crippen molar-refractivity contribution in [3.05, 3.63) is 71.4 Å². The van der Waals surface area contributed by atoms with Crippen LogP contribution in [0.25, 0.3) is 16.6 Å². The van der Waals surface area contributed by atoms with Crippen LogP contribution in [0.4, 0.5) is 0 Å². The number of aromatic nitrogens is 4. The van der Waals surface area contributed by atoms with E-state index in [1.54, 1.807) is 17.2 Å². The summed E-state index contributed by atoms with van der Waals surface area (Å²) in [5.41, 5.74) is 4.00. The van der Waals surface area contributed by atoms with Gasteiger partial charge in [-0.1, -0.05) is 35.9 Å². The number of aryl methyl sites for hydroxylation is 1. The number of hydrogen-bond acceptors (Lipinski definition) is 4. The highest BCUT2D eigenvalue weighted by Gasteiger charge is 2.26.